The maximum atomic E-state index is 12.2. The molecular weight excluding hydrogens is 461 g/mol. The monoisotopic (exact) mass is 493 g/mol. The lowest BCUT2D eigenvalue weighted by molar-refractivity contribution is 0.329. The fraction of sp³-hybridized carbons (Fsp3) is 0.632. The molecule has 0 spiro atoms. The van der Waals surface area contributed by atoms with Gasteiger partial charge in [-0.15, -0.1) is 24.0 Å². The molecule has 1 fully saturated rings. The molecule has 1 aliphatic rings. The van der Waals surface area contributed by atoms with Crippen molar-refractivity contribution in [2.75, 3.05) is 19.3 Å². The van der Waals surface area contributed by atoms with Crippen LogP contribution in [0.15, 0.2) is 35.3 Å². The predicted molar refractivity (Wildman–Crippen MR) is 120 cm³/mol. The summed E-state index contributed by atoms with van der Waals surface area (Å²) < 4.78 is 24.4. The van der Waals surface area contributed by atoms with E-state index in [1.807, 2.05) is 30.3 Å². The smallest absolute Gasteiger partial charge is 0.191 e. The highest BCUT2D eigenvalue weighted by atomic mass is 127. The van der Waals surface area contributed by atoms with Crippen molar-refractivity contribution in [3.63, 3.8) is 0 Å². The molecule has 0 heterocycles. The summed E-state index contributed by atoms with van der Waals surface area (Å²) >= 11 is 0. The molecule has 0 amide bonds. The number of sulfone groups is 1. The molecule has 2 rings (SSSR count). The molecule has 148 valence electrons. The molecule has 0 radical (unpaired) electrons. The van der Waals surface area contributed by atoms with Gasteiger partial charge in [-0.3, -0.25) is 4.99 Å². The lowest BCUT2D eigenvalue weighted by atomic mass is 9.87. The summed E-state index contributed by atoms with van der Waals surface area (Å²) in [7, 11) is -1.32. The third-order valence-electron chi connectivity index (χ3n) is 4.73. The zero-order valence-electron chi connectivity index (χ0n) is 15.8. The molecule has 7 heteroatoms. The summed E-state index contributed by atoms with van der Waals surface area (Å²) in [5.41, 5.74) is 0.847. The maximum Gasteiger partial charge on any atom is 0.191 e. The van der Waals surface area contributed by atoms with Crippen molar-refractivity contribution in [2.24, 2.45) is 10.9 Å². The quantitative estimate of drug-likeness (QED) is 0.265. The molecule has 1 aromatic rings. The summed E-state index contributed by atoms with van der Waals surface area (Å²) in [6, 6.07) is 9.82. The van der Waals surface area contributed by atoms with Crippen LogP contribution >= 0.6 is 24.0 Å². The molecule has 1 saturated carbocycles. The van der Waals surface area contributed by atoms with Gasteiger partial charge in [-0.05, 0) is 43.6 Å². The standard InChI is InChI=1S/C19H31N3O2S.HI/c1-16-9-11-18(12-10-16)22-19(20-2)21-13-6-14-25(23,24)15-17-7-4-3-5-8-17;/h3-5,7-8,16,18H,6,9-15H2,1-2H3,(H2,20,21,22);1H. The first-order chi connectivity index (χ1) is 12.0. The van der Waals surface area contributed by atoms with Crippen molar-refractivity contribution in [1.29, 1.82) is 0 Å². The Morgan fingerprint density at radius 2 is 1.81 bits per heavy atom. The number of hydrogen-bond acceptors (Lipinski definition) is 3. The number of nitrogens with zero attached hydrogens (tertiary/aromatic N) is 1. The average Bonchev–Trinajstić information content (AvgIpc) is 2.60. The van der Waals surface area contributed by atoms with Gasteiger partial charge in [-0.1, -0.05) is 37.3 Å². The summed E-state index contributed by atoms with van der Waals surface area (Å²) in [6.07, 6.45) is 5.44. The first kappa shape index (κ1) is 23.2. The summed E-state index contributed by atoms with van der Waals surface area (Å²) in [6.45, 7) is 2.91. The van der Waals surface area contributed by atoms with Crippen LogP contribution in [0, 0.1) is 5.92 Å². The first-order valence-electron chi connectivity index (χ1n) is 9.20. The second kappa shape index (κ2) is 11.8. The predicted octanol–water partition coefficient (Wildman–Crippen LogP) is 3.35. The van der Waals surface area contributed by atoms with E-state index >= 15 is 0 Å². The second-order valence-electron chi connectivity index (χ2n) is 7.03. The summed E-state index contributed by atoms with van der Waals surface area (Å²) in [5.74, 6) is 1.90. The molecule has 5 nitrogen and oxygen atoms in total. The number of halogens is 1. The minimum atomic E-state index is -3.07. The van der Waals surface area contributed by atoms with E-state index in [1.165, 1.54) is 25.7 Å². The Kier molecular flexibility index (Phi) is 10.5. The molecule has 0 atom stereocenters. The van der Waals surface area contributed by atoms with Crippen LogP contribution in [0.25, 0.3) is 0 Å². The average molecular weight is 493 g/mol. The SMILES string of the molecule is CN=C(NCCCS(=O)(=O)Cc1ccccc1)NC1CCC(C)CC1.I. The summed E-state index contributed by atoms with van der Waals surface area (Å²) in [4.78, 5) is 4.25. The zero-order valence-corrected chi connectivity index (χ0v) is 18.9. The Morgan fingerprint density at radius 3 is 2.42 bits per heavy atom. The molecule has 0 bridgehead atoms. The van der Waals surface area contributed by atoms with Gasteiger partial charge in [0.05, 0.1) is 11.5 Å². The number of rotatable bonds is 7. The van der Waals surface area contributed by atoms with Crippen LogP contribution in [0.2, 0.25) is 0 Å². The Labute approximate surface area is 175 Å². The minimum Gasteiger partial charge on any atom is -0.356 e. The van der Waals surface area contributed by atoms with Crippen LogP contribution in [-0.4, -0.2) is 39.8 Å². The van der Waals surface area contributed by atoms with E-state index in [0.29, 0.717) is 19.0 Å². The topological polar surface area (TPSA) is 70.6 Å². The van der Waals surface area contributed by atoms with Gasteiger partial charge in [0.25, 0.3) is 0 Å². The second-order valence-corrected chi connectivity index (χ2v) is 9.22. The lowest BCUT2D eigenvalue weighted by Crippen LogP contribution is -2.45. The number of hydrogen-bond donors (Lipinski definition) is 2. The Morgan fingerprint density at radius 1 is 1.15 bits per heavy atom. The maximum absolute atomic E-state index is 12.2. The molecule has 1 aliphatic carbocycles. The van der Waals surface area contributed by atoms with Crippen molar-refractivity contribution in [3.8, 4) is 0 Å². The van der Waals surface area contributed by atoms with Crippen LogP contribution in [-0.2, 0) is 15.6 Å². The highest BCUT2D eigenvalue weighted by Gasteiger charge is 2.19. The van der Waals surface area contributed by atoms with Gasteiger partial charge in [0, 0.05) is 19.6 Å². The van der Waals surface area contributed by atoms with E-state index in [2.05, 4.69) is 22.5 Å². The van der Waals surface area contributed by atoms with Gasteiger partial charge >= 0.3 is 0 Å². The van der Waals surface area contributed by atoms with E-state index < -0.39 is 9.84 Å². The Bertz CT molecular complexity index is 642. The van der Waals surface area contributed by atoms with Crippen LogP contribution in [0.4, 0.5) is 0 Å². The Balaban J connectivity index is 0.00000338. The minimum absolute atomic E-state index is 0. The number of nitrogens with one attached hydrogen (secondary N) is 2. The summed E-state index contributed by atoms with van der Waals surface area (Å²) in [5, 5.41) is 6.69. The van der Waals surface area contributed by atoms with E-state index in [9.17, 15) is 8.42 Å². The lowest BCUT2D eigenvalue weighted by Gasteiger charge is -2.28. The third-order valence-corrected chi connectivity index (χ3v) is 6.42. The zero-order chi connectivity index (χ0) is 18.1. The number of benzene rings is 1. The molecular formula is C19H32IN3O2S. The molecule has 26 heavy (non-hydrogen) atoms. The number of guanidine groups is 1. The van der Waals surface area contributed by atoms with Gasteiger partial charge in [-0.2, -0.15) is 0 Å². The molecule has 1 aromatic carbocycles. The van der Waals surface area contributed by atoms with E-state index in [4.69, 9.17) is 0 Å². The van der Waals surface area contributed by atoms with Gasteiger partial charge in [0.15, 0.2) is 15.8 Å². The van der Waals surface area contributed by atoms with Crippen LogP contribution in [0.1, 0.15) is 44.6 Å². The highest BCUT2D eigenvalue weighted by Crippen LogP contribution is 2.23. The number of aliphatic imine (C=N–C) groups is 1. The molecule has 0 aliphatic heterocycles. The molecule has 2 N–H and O–H groups in total. The third kappa shape index (κ3) is 8.70. The van der Waals surface area contributed by atoms with Crippen molar-refractivity contribution >= 4 is 39.8 Å². The van der Waals surface area contributed by atoms with E-state index in [-0.39, 0.29) is 35.5 Å². The molecule has 0 unspecified atom stereocenters. The largest absolute Gasteiger partial charge is 0.356 e. The van der Waals surface area contributed by atoms with E-state index in [0.717, 1.165) is 17.4 Å². The highest BCUT2D eigenvalue weighted by molar-refractivity contribution is 14.0. The first-order valence-corrected chi connectivity index (χ1v) is 11.0. The van der Waals surface area contributed by atoms with Crippen molar-refractivity contribution in [2.45, 2.75) is 50.8 Å². The normalized spacial score (nSPS) is 20.9. The fourth-order valence-electron chi connectivity index (χ4n) is 3.19. The van der Waals surface area contributed by atoms with Crippen molar-refractivity contribution in [3.05, 3.63) is 35.9 Å². The van der Waals surface area contributed by atoms with Gasteiger partial charge in [0.1, 0.15) is 0 Å². The molecule has 0 aromatic heterocycles. The van der Waals surface area contributed by atoms with Crippen LogP contribution in [0.3, 0.4) is 0 Å². The van der Waals surface area contributed by atoms with Crippen molar-refractivity contribution < 1.29 is 8.42 Å². The van der Waals surface area contributed by atoms with Gasteiger partial charge < -0.3 is 10.6 Å². The molecule has 0 saturated heterocycles. The van der Waals surface area contributed by atoms with Crippen LogP contribution in [0.5, 0.6) is 0 Å². The van der Waals surface area contributed by atoms with E-state index in [1.54, 1.807) is 7.05 Å². The van der Waals surface area contributed by atoms with Gasteiger partial charge in [0.2, 0.25) is 0 Å². The van der Waals surface area contributed by atoms with Crippen LogP contribution < -0.4 is 10.6 Å². The van der Waals surface area contributed by atoms with Gasteiger partial charge in [-0.25, -0.2) is 8.42 Å². The fourth-order valence-corrected chi connectivity index (χ4v) is 4.62. The van der Waals surface area contributed by atoms with Crippen molar-refractivity contribution in [1.82, 2.24) is 10.6 Å². The Hall–Kier alpha value is -0.830.